The molecule has 1 aliphatic heterocycles. The first-order valence-electron chi connectivity index (χ1n) is 10.7. The number of anilines is 1. The van der Waals surface area contributed by atoms with Gasteiger partial charge in [0.1, 0.15) is 0 Å². The SMILES string of the molecule is CCN(CC)S(=O)(=O)c1ccc(C=CC(=O)OCC(=O)N2CCCc3ccccc32)cc1. The molecule has 3 rings (SSSR count). The molecule has 170 valence electrons. The van der Waals surface area contributed by atoms with Gasteiger partial charge in [0.05, 0.1) is 4.90 Å². The summed E-state index contributed by atoms with van der Waals surface area (Å²) >= 11 is 0. The van der Waals surface area contributed by atoms with Gasteiger partial charge in [-0.2, -0.15) is 4.31 Å². The van der Waals surface area contributed by atoms with Gasteiger partial charge in [0.25, 0.3) is 5.91 Å². The summed E-state index contributed by atoms with van der Waals surface area (Å²) in [6.07, 6.45) is 4.55. The number of hydrogen-bond acceptors (Lipinski definition) is 5. The molecule has 0 radical (unpaired) electrons. The van der Waals surface area contributed by atoms with Crippen LogP contribution >= 0.6 is 0 Å². The van der Waals surface area contributed by atoms with Crippen LogP contribution < -0.4 is 4.90 Å². The molecule has 1 heterocycles. The Balaban J connectivity index is 1.56. The van der Waals surface area contributed by atoms with E-state index in [-0.39, 0.29) is 17.4 Å². The van der Waals surface area contributed by atoms with Crippen molar-refractivity contribution in [3.8, 4) is 0 Å². The average molecular weight is 457 g/mol. The van der Waals surface area contributed by atoms with Crippen LogP contribution in [0.1, 0.15) is 31.4 Å². The van der Waals surface area contributed by atoms with Gasteiger partial charge in [-0.05, 0) is 48.2 Å². The molecule has 8 heteroatoms. The van der Waals surface area contributed by atoms with Crippen LogP contribution in [0, 0.1) is 0 Å². The molecule has 1 amide bonds. The second-order valence-electron chi connectivity index (χ2n) is 7.38. The number of aryl methyl sites for hydroxylation is 1. The highest BCUT2D eigenvalue weighted by atomic mass is 32.2. The van der Waals surface area contributed by atoms with E-state index < -0.39 is 16.0 Å². The number of para-hydroxylation sites is 1. The fourth-order valence-electron chi connectivity index (χ4n) is 3.68. The minimum Gasteiger partial charge on any atom is -0.452 e. The number of fused-ring (bicyclic) bond motifs is 1. The molecule has 0 spiro atoms. The minimum atomic E-state index is -3.52. The van der Waals surface area contributed by atoms with Crippen molar-refractivity contribution in [2.75, 3.05) is 31.1 Å². The van der Waals surface area contributed by atoms with Crippen molar-refractivity contribution >= 4 is 33.7 Å². The van der Waals surface area contributed by atoms with Crippen molar-refractivity contribution in [3.63, 3.8) is 0 Å². The topological polar surface area (TPSA) is 84.0 Å². The molecule has 0 aliphatic carbocycles. The third kappa shape index (κ3) is 5.44. The summed E-state index contributed by atoms with van der Waals surface area (Å²) in [6, 6.07) is 14.0. The number of amides is 1. The third-order valence-corrected chi connectivity index (χ3v) is 7.45. The number of carbonyl (C=O) groups excluding carboxylic acids is 2. The first-order chi connectivity index (χ1) is 15.4. The van der Waals surface area contributed by atoms with Crippen LogP contribution in [0.2, 0.25) is 0 Å². The molecule has 0 unspecified atom stereocenters. The monoisotopic (exact) mass is 456 g/mol. The zero-order valence-corrected chi connectivity index (χ0v) is 19.2. The Morgan fingerprint density at radius 1 is 1.06 bits per heavy atom. The van der Waals surface area contributed by atoms with Crippen LogP contribution in [0.15, 0.2) is 59.5 Å². The van der Waals surface area contributed by atoms with Gasteiger partial charge in [-0.25, -0.2) is 13.2 Å². The van der Waals surface area contributed by atoms with E-state index in [9.17, 15) is 18.0 Å². The van der Waals surface area contributed by atoms with Gasteiger partial charge in [-0.15, -0.1) is 0 Å². The minimum absolute atomic E-state index is 0.202. The molecule has 0 N–H and O–H groups in total. The maximum atomic E-state index is 12.5. The molecule has 1 aliphatic rings. The van der Waals surface area contributed by atoms with Crippen LogP contribution in [0.3, 0.4) is 0 Å². The molecule has 0 atom stereocenters. The molecule has 0 saturated carbocycles. The highest BCUT2D eigenvalue weighted by Crippen LogP contribution is 2.26. The summed E-state index contributed by atoms with van der Waals surface area (Å²) in [7, 11) is -3.52. The van der Waals surface area contributed by atoms with Gasteiger partial charge in [0.15, 0.2) is 6.61 Å². The molecule has 7 nitrogen and oxygen atoms in total. The maximum absolute atomic E-state index is 12.5. The zero-order valence-electron chi connectivity index (χ0n) is 18.4. The Labute approximate surface area is 189 Å². The van der Waals surface area contributed by atoms with Crippen LogP contribution in [-0.4, -0.2) is 50.8 Å². The second kappa shape index (κ2) is 10.6. The lowest BCUT2D eigenvalue weighted by molar-refractivity contribution is -0.142. The summed E-state index contributed by atoms with van der Waals surface area (Å²) in [4.78, 5) is 26.5. The molecule has 0 bridgehead atoms. The van der Waals surface area contributed by atoms with Crippen LogP contribution in [0.4, 0.5) is 5.69 Å². The van der Waals surface area contributed by atoms with E-state index in [1.807, 2.05) is 24.3 Å². The van der Waals surface area contributed by atoms with Crippen molar-refractivity contribution in [2.24, 2.45) is 0 Å². The zero-order chi connectivity index (χ0) is 23.1. The number of hydrogen-bond donors (Lipinski definition) is 0. The molecule has 32 heavy (non-hydrogen) atoms. The normalized spacial score (nSPS) is 13.9. The van der Waals surface area contributed by atoms with Crippen molar-refractivity contribution < 1.29 is 22.7 Å². The number of carbonyl (C=O) groups is 2. The van der Waals surface area contributed by atoms with Gasteiger partial charge >= 0.3 is 5.97 Å². The lowest BCUT2D eigenvalue weighted by Crippen LogP contribution is -2.38. The number of nitrogens with zero attached hydrogens (tertiary/aromatic N) is 2. The maximum Gasteiger partial charge on any atom is 0.331 e. The molecule has 0 fully saturated rings. The predicted molar refractivity (Wildman–Crippen MR) is 124 cm³/mol. The van der Waals surface area contributed by atoms with E-state index in [2.05, 4.69) is 0 Å². The molecule has 0 saturated heterocycles. The van der Waals surface area contributed by atoms with E-state index in [1.54, 1.807) is 30.9 Å². The fraction of sp³-hybridized carbons (Fsp3) is 0.333. The smallest absolute Gasteiger partial charge is 0.331 e. The van der Waals surface area contributed by atoms with Crippen LogP contribution in [0.25, 0.3) is 6.08 Å². The number of esters is 1. The van der Waals surface area contributed by atoms with E-state index in [4.69, 9.17) is 4.74 Å². The Morgan fingerprint density at radius 3 is 2.44 bits per heavy atom. The van der Waals surface area contributed by atoms with E-state index in [0.717, 1.165) is 24.1 Å². The summed E-state index contributed by atoms with van der Waals surface area (Å²) in [5.74, 6) is -0.895. The van der Waals surface area contributed by atoms with Crippen molar-refractivity contribution in [1.29, 1.82) is 0 Å². The summed E-state index contributed by atoms with van der Waals surface area (Å²) in [5.41, 5.74) is 2.64. The molecular formula is C24H28N2O5S. The predicted octanol–water partition coefficient (Wildman–Crippen LogP) is 3.25. The van der Waals surface area contributed by atoms with Gasteiger partial charge in [0, 0.05) is 31.4 Å². The number of benzene rings is 2. The van der Waals surface area contributed by atoms with E-state index in [1.165, 1.54) is 28.6 Å². The highest BCUT2D eigenvalue weighted by Gasteiger charge is 2.23. The van der Waals surface area contributed by atoms with E-state index >= 15 is 0 Å². The van der Waals surface area contributed by atoms with Crippen LogP contribution in [-0.2, 0) is 30.8 Å². The van der Waals surface area contributed by atoms with Gasteiger partial charge < -0.3 is 9.64 Å². The first kappa shape index (κ1) is 23.7. The quantitative estimate of drug-likeness (QED) is 0.450. The van der Waals surface area contributed by atoms with Crippen LogP contribution in [0.5, 0.6) is 0 Å². The molecule has 2 aromatic rings. The number of sulfonamides is 1. The molecular weight excluding hydrogens is 428 g/mol. The van der Waals surface area contributed by atoms with E-state index in [0.29, 0.717) is 25.2 Å². The Bertz CT molecular complexity index is 1090. The Morgan fingerprint density at radius 2 is 1.75 bits per heavy atom. The van der Waals surface area contributed by atoms with Crippen molar-refractivity contribution in [3.05, 3.63) is 65.7 Å². The van der Waals surface area contributed by atoms with Gasteiger partial charge in [-0.1, -0.05) is 44.2 Å². The number of rotatable bonds is 8. The van der Waals surface area contributed by atoms with Crippen molar-refractivity contribution in [1.82, 2.24) is 4.31 Å². The molecule has 2 aromatic carbocycles. The summed E-state index contributed by atoms with van der Waals surface area (Å²) < 4.78 is 31.5. The molecule has 0 aromatic heterocycles. The lowest BCUT2D eigenvalue weighted by atomic mass is 10.0. The Hall–Kier alpha value is -2.97. The highest BCUT2D eigenvalue weighted by molar-refractivity contribution is 7.89. The first-order valence-corrected chi connectivity index (χ1v) is 12.1. The second-order valence-corrected chi connectivity index (χ2v) is 9.31. The third-order valence-electron chi connectivity index (χ3n) is 5.38. The van der Waals surface area contributed by atoms with Gasteiger partial charge in [0.2, 0.25) is 10.0 Å². The summed E-state index contributed by atoms with van der Waals surface area (Å²) in [6.45, 7) is 4.64. The number of ether oxygens (including phenoxy) is 1. The lowest BCUT2D eigenvalue weighted by Gasteiger charge is -2.29. The van der Waals surface area contributed by atoms with Gasteiger partial charge in [-0.3, -0.25) is 4.79 Å². The fourth-order valence-corrected chi connectivity index (χ4v) is 5.14. The summed E-state index contributed by atoms with van der Waals surface area (Å²) in [5, 5.41) is 0. The largest absolute Gasteiger partial charge is 0.452 e. The standard InChI is InChI=1S/C24H28N2O5S/c1-3-25(4-2)32(29,30)21-14-11-19(12-15-21)13-16-24(28)31-18-23(27)26-17-7-9-20-8-5-6-10-22(20)26/h5-6,8,10-16H,3-4,7,9,17-18H2,1-2H3. The Kier molecular flexibility index (Phi) is 7.82. The average Bonchev–Trinajstić information content (AvgIpc) is 2.81. The van der Waals surface area contributed by atoms with Crippen molar-refractivity contribution in [2.45, 2.75) is 31.6 Å².